The molecule has 0 aliphatic heterocycles. The Morgan fingerprint density at radius 1 is 1.67 bits per heavy atom. The third kappa shape index (κ3) is 1.80. The van der Waals surface area contributed by atoms with Crippen molar-refractivity contribution in [3.05, 3.63) is 20.8 Å². The Balaban J connectivity index is 2.95. The van der Waals surface area contributed by atoms with E-state index < -0.39 is 6.10 Å². The van der Waals surface area contributed by atoms with Crippen LogP contribution in [0.4, 0.5) is 0 Å². The molecule has 0 radical (unpaired) electrons. The van der Waals surface area contributed by atoms with E-state index in [0.29, 0.717) is 5.02 Å². The van der Waals surface area contributed by atoms with E-state index in [1.165, 1.54) is 11.3 Å². The summed E-state index contributed by atoms with van der Waals surface area (Å²) in [7, 11) is 0. The summed E-state index contributed by atoms with van der Waals surface area (Å²) < 4.78 is 0. The molecule has 1 rings (SSSR count). The first-order chi connectivity index (χ1) is 5.54. The minimum absolute atomic E-state index is 0.365. The highest BCUT2D eigenvalue weighted by molar-refractivity contribution is 7.10. The number of hydrogen-bond donors (Lipinski definition) is 2. The summed E-state index contributed by atoms with van der Waals surface area (Å²) in [5.41, 5.74) is 6.75. The van der Waals surface area contributed by atoms with Crippen molar-refractivity contribution in [2.75, 3.05) is 0 Å². The van der Waals surface area contributed by atoms with Gasteiger partial charge in [-0.05, 0) is 24.8 Å². The Labute approximate surface area is 81.0 Å². The van der Waals surface area contributed by atoms with E-state index in [-0.39, 0.29) is 6.04 Å². The maximum Gasteiger partial charge on any atom is 0.0713 e. The predicted octanol–water partition coefficient (Wildman–Crippen LogP) is 2.09. The zero-order chi connectivity index (χ0) is 9.30. The van der Waals surface area contributed by atoms with Crippen LogP contribution in [0, 0.1) is 6.92 Å². The zero-order valence-electron chi connectivity index (χ0n) is 7.04. The third-order valence-corrected chi connectivity index (χ3v) is 3.56. The van der Waals surface area contributed by atoms with E-state index in [4.69, 9.17) is 17.3 Å². The maximum absolute atomic E-state index is 9.23. The first-order valence-corrected chi connectivity index (χ1v) is 4.97. The second-order valence-electron chi connectivity index (χ2n) is 2.86. The molecule has 0 bridgehead atoms. The van der Waals surface area contributed by atoms with Gasteiger partial charge in [0.05, 0.1) is 17.2 Å². The minimum Gasteiger partial charge on any atom is -0.391 e. The van der Waals surface area contributed by atoms with E-state index in [1.807, 2.05) is 12.3 Å². The molecular weight excluding hydrogens is 194 g/mol. The van der Waals surface area contributed by atoms with Gasteiger partial charge < -0.3 is 10.8 Å². The van der Waals surface area contributed by atoms with Gasteiger partial charge in [0.25, 0.3) is 0 Å². The van der Waals surface area contributed by atoms with Crippen LogP contribution in [0.2, 0.25) is 5.02 Å². The van der Waals surface area contributed by atoms with Gasteiger partial charge in [0.15, 0.2) is 0 Å². The van der Waals surface area contributed by atoms with Crippen molar-refractivity contribution in [1.82, 2.24) is 0 Å². The highest BCUT2D eigenvalue weighted by Gasteiger charge is 2.17. The molecule has 0 saturated heterocycles. The van der Waals surface area contributed by atoms with E-state index in [0.717, 1.165) is 10.4 Å². The summed E-state index contributed by atoms with van der Waals surface area (Å²) in [5.74, 6) is 0. The molecule has 1 aromatic rings. The minimum atomic E-state index is -0.555. The lowest BCUT2D eigenvalue weighted by Gasteiger charge is -2.13. The van der Waals surface area contributed by atoms with Crippen LogP contribution < -0.4 is 5.73 Å². The van der Waals surface area contributed by atoms with E-state index >= 15 is 0 Å². The second kappa shape index (κ2) is 3.75. The predicted molar refractivity (Wildman–Crippen MR) is 52.7 cm³/mol. The number of aliphatic hydroxyl groups excluding tert-OH is 1. The molecule has 1 aromatic heterocycles. The molecule has 12 heavy (non-hydrogen) atoms. The first kappa shape index (κ1) is 9.99. The molecule has 1 heterocycles. The molecule has 2 unspecified atom stereocenters. The standard InChI is InChI=1S/C8H12ClNOS/c1-4-3-12-8(6(4)9)7(10)5(2)11/h3,5,7,11H,10H2,1-2H3. The summed E-state index contributed by atoms with van der Waals surface area (Å²) >= 11 is 7.46. The maximum atomic E-state index is 9.23. The molecule has 0 saturated carbocycles. The van der Waals surface area contributed by atoms with Gasteiger partial charge in [-0.3, -0.25) is 0 Å². The van der Waals surface area contributed by atoms with Crippen LogP contribution in [0.1, 0.15) is 23.4 Å². The van der Waals surface area contributed by atoms with Crippen molar-refractivity contribution < 1.29 is 5.11 Å². The molecule has 0 spiro atoms. The van der Waals surface area contributed by atoms with Crippen molar-refractivity contribution in [3.8, 4) is 0 Å². The van der Waals surface area contributed by atoms with Crippen molar-refractivity contribution in [2.45, 2.75) is 26.0 Å². The van der Waals surface area contributed by atoms with E-state index in [1.54, 1.807) is 6.92 Å². The molecule has 0 amide bonds. The van der Waals surface area contributed by atoms with E-state index in [2.05, 4.69) is 0 Å². The van der Waals surface area contributed by atoms with Gasteiger partial charge >= 0.3 is 0 Å². The Morgan fingerprint density at radius 2 is 2.25 bits per heavy atom. The Bertz CT molecular complexity index is 272. The first-order valence-electron chi connectivity index (χ1n) is 3.71. The highest BCUT2D eigenvalue weighted by Crippen LogP contribution is 2.32. The fourth-order valence-electron chi connectivity index (χ4n) is 0.894. The number of nitrogens with two attached hydrogens (primary N) is 1. The molecule has 68 valence electrons. The second-order valence-corrected chi connectivity index (χ2v) is 4.15. The smallest absolute Gasteiger partial charge is 0.0713 e. The molecular formula is C8H12ClNOS. The van der Waals surface area contributed by atoms with Gasteiger partial charge in [0, 0.05) is 4.88 Å². The van der Waals surface area contributed by atoms with Crippen LogP contribution in [0.3, 0.4) is 0 Å². The molecule has 0 aromatic carbocycles. The number of rotatable bonds is 2. The molecule has 2 nitrogen and oxygen atoms in total. The molecule has 0 aliphatic rings. The van der Waals surface area contributed by atoms with Gasteiger partial charge in [-0.1, -0.05) is 11.6 Å². The zero-order valence-corrected chi connectivity index (χ0v) is 8.62. The summed E-state index contributed by atoms with van der Waals surface area (Å²) in [4.78, 5) is 0.865. The molecule has 4 heteroatoms. The summed E-state index contributed by atoms with van der Waals surface area (Å²) in [6.45, 7) is 3.59. The average molecular weight is 206 g/mol. The lowest BCUT2D eigenvalue weighted by molar-refractivity contribution is 0.165. The monoisotopic (exact) mass is 205 g/mol. The van der Waals surface area contributed by atoms with Crippen molar-refractivity contribution in [1.29, 1.82) is 0 Å². The SMILES string of the molecule is Cc1csc(C(N)C(C)O)c1Cl. The van der Waals surface area contributed by atoms with Crippen LogP contribution in [-0.2, 0) is 0 Å². The number of thiophene rings is 1. The van der Waals surface area contributed by atoms with Crippen LogP contribution in [0.25, 0.3) is 0 Å². The van der Waals surface area contributed by atoms with Crippen LogP contribution >= 0.6 is 22.9 Å². The molecule has 3 N–H and O–H groups in total. The number of aryl methyl sites for hydroxylation is 1. The lowest BCUT2D eigenvalue weighted by atomic mass is 10.1. The molecule has 0 aliphatic carbocycles. The Hall–Kier alpha value is -0.0900. The topological polar surface area (TPSA) is 46.2 Å². The fourth-order valence-corrected chi connectivity index (χ4v) is 2.31. The Morgan fingerprint density at radius 3 is 2.58 bits per heavy atom. The van der Waals surface area contributed by atoms with Gasteiger partial charge in [0.1, 0.15) is 0 Å². The quantitative estimate of drug-likeness (QED) is 0.777. The van der Waals surface area contributed by atoms with Gasteiger partial charge in [-0.2, -0.15) is 0 Å². The highest BCUT2D eigenvalue weighted by atomic mass is 35.5. The van der Waals surface area contributed by atoms with Crippen molar-refractivity contribution in [3.63, 3.8) is 0 Å². The Kier molecular flexibility index (Phi) is 3.12. The van der Waals surface area contributed by atoms with Crippen LogP contribution in [-0.4, -0.2) is 11.2 Å². The largest absolute Gasteiger partial charge is 0.391 e. The van der Waals surface area contributed by atoms with Gasteiger partial charge in [0.2, 0.25) is 0 Å². The van der Waals surface area contributed by atoms with Crippen LogP contribution in [0.5, 0.6) is 0 Å². The summed E-state index contributed by atoms with van der Waals surface area (Å²) in [6, 6.07) is -0.365. The fraction of sp³-hybridized carbons (Fsp3) is 0.500. The number of aliphatic hydroxyl groups is 1. The average Bonchev–Trinajstić information content (AvgIpc) is 2.32. The van der Waals surface area contributed by atoms with Crippen molar-refractivity contribution in [2.24, 2.45) is 5.73 Å². The van der Waals surface area contributed by atoms with Gasteiger partial charge in [-0.15, -0.1) is 11.3 Å². The third-order valence-electron chi connectivity index (χ3n) is 1.75. The van der Waals surface area contributed by atoms with Gasteiger partial charge in [-0.25, -0.2) is 0 Å². The van der Waals surface area contributed by atoms with Crippen molar-refractivity contribution >= 4 is 22.9 Å². The summed E-state index contributed by atoms with van der Waals surface area (Å²) in [5, 5.41) is 11.9. The lowest BCUT2D eigenvalue weighted by Crippen LogP contribution is -2.22. The van der Waals surface area contributed by atoms with E-state index in [9.17, 15) is 5.11 Å². The van der Waals surface area contributed by atoms with Crippen LogP contribution in [0.15, 0.2) is 5.38 Å². The molecule has 0 fully saturated rings. The molecule has 2 atom stereocenters. The summed E-state index contributed by atoms with van der Waals surface area (Å²) in [6.07, 6.45) is -0.555. The number of hydrogen-bond acceptors (Lipinski definition) is 3. The normalized spacial score (nSPS) is 16.1. The number of halogens is 1.